The fourth-order valence-electron chi connectivity index (χ4n) is 2.52. The molecule has 2 rings (SSSR count). The van der Waals surface area contributed by atoms with Gasteiger partial charge in [0.15, 0.2) is 0 Å². The fraction of sp³-hybridized carbons (Fsp3) is 0.692. The van der Waals surface area contributed by atoms with Crippen LogP contribution in [-0.2, 0) is 23.2 Å². The third kappa shape index (κ3) is 2.66. The van der Waals surface area contributed by atoms with Crippen molar-refractivity contribution in [1.82, 2.24) is 25.0 Å². The molecule has 0 saturated carbocycles. The Morgan fingerprint density at radius 3 is 2.65 bits per heavy atom. The van der Waals surface area contributed by atoms with Crippen molar-refractivity contribution >= 4 is 11.8 Å². The highest BCUT2D eigenvalue weighted by Crippen LogP contribution is 2.18. The third-order valence-electron chi connectivity index (χ3n) is 3.66. The molecular weight excluding hydrogens is 258 g/mol. The van der Waals surface area contributed by atoms with Gasteiger partial charge in [0.05, 0.1) is 6.54 Å². The molecule has 1 aliphatic rings. The minimum absolute atomic E-state index is 0.0266. The van der Waals surface area contributed by atoms with Crippen LogP contribution < -0.4 is 5.32 Å². The molecule has 2 heterocycles. The van der Waals surface area contributed by atoms with Crippen LogP contribution >= 0.6 is 0 Å². The molecule has 2 atom stereocenters. The number of carbonyl (C=O) groups is 2. The molecule has 7 heteroatoms. The molecule has 0 aliphatic carbocycles. The molecule has 1 fully saturated rings. The van der Waals surface area contributed by atoms with Gasteiger partial charge in [0, 0.05) is 7.05 Å². The first-order valence-corrected chi connectivity index (χ1v) is 7.02. The smallest absolute Gasteiger partial charge is 0.246 e. The predicted molar refractivity (Wildman–Crippen MR) is 72.5 cm³/mol. The van der Waals surface area contributed by atoms with E-state index in [9.17, 15) is 9.59 Å². The van der Waals surface area contributed by atoms with E-state index in [1.165, 1.54) is 6.33 Å². The average Bonchev–Trinajstić information content (AvgIpc) is 2.81. The Hall–Kier alpha value is -1.92. The summed E-state index contributed by atoms with van der Waals surface area (Å²) in [6, 6.07) is -0.837. The van der Waals surface area contributed by atoms with Crippen LogP contribution in [0.15, 0.2) is 6.33 Å². The maximum atomic E-state index is 12.5. The summed E-state index contributed by atoms with van der Waals surface area (Å²) in [5, 5.41) is 6.82. The van der Waals surface area contributed by atoms with Gasteiger partial charge in [0.1, 0.15) is 24.2 Å². The minimum Gasteiger partial charge on any atom is -0.343 e. The quantitative estimate of drug-likeness (QED) is 0.836. The standard InChI is InChI=1S/C13H21N5O2/c1-4-6-9-13(20)18(10(5-2)12(19)16-9)7-11-14-8-15-17(11)3/h8-10H,4-7H2,1-3H3,(H,16,19). The zero-order valence-electron chi connectivity index (χ0n) is 12.2. The SMILES string of the molecule is CCCC1NC(=O)C(CC)N(Cc2ncnn2C)C1=O. The largest absolute Gasteiger partial charge is 0.343 e. The average molecular weight is 279 g/mol. The number of rotatable bonds is 5. The molecule has 0 spiro atoms. The van der Waals surface area contributed by atoms with E-state index in [-0.39, 0.29) is 11.8 Å². The molecule has 110 valence electrons. The summed E-state index contributed by atoms with van der Waals surface area (Å²) >= 11 is 0. The van der Waals surface area contributed by atoms with E-state index in [0.717, 1.165) is 6.42 Å². The lowest BCUT2D eigenvalue weighted by Crippen LogP contribution is -2.62. The second-order valence-corrected chi connectivity index (χ2v) is 5.04. The van der Waals surface area contributed by atoms with Crippen LogP contribution in [0.25, 0.3) is 0 Å². The van der Waals surface area contributed by atoms with E-state index in [2.05, 4.69) is 15.4 Å². The number of aromatic nitrogens is 3. The lowest BCUT2D eigenvalue weighted by atomic mass is 10.0. The van der Waals surface area contributed by atoms with Crippen LogP contribution in [0.4, 0.5) is 0 Å². The van der Waals surface area contributed by atoms with E-state index in [0.29, 0.717) is 25.2 Å². The minimum atomic E-state index is -0.424. The molecule has 20 heavy (non-hydrogen) atoms. The number of piperazine rings is 1. The number of nitrogens with one attached hydrogen (secondary N) is 1. The molecule has 0 radical (unpaired) electrons. The third-order valence-corrected chi connectivity index (χ3v) is 3.66. The maximum Gasteiger partial charge on any atom is 0.246 e. The van der Waals surface area contributed by atoms with Gasteiger partial charge < -0.3 is 10.2 Å². The van der Waals surface area contributed by atoms with Crippen molar-refractivity contribution < 1.29 is 9.59 Å². The lowest BCUT2D eigenvalue weighted by molar-refractivity contribution is -0.150. The number of hydrogen-bond donors (Lipinski definition) is 1. The van der Waals surface area contributed by atoms with E-state index in [1.807, 2.05) is 13.8 Å². The number of nitrogens with zero attached hydrogens (tertiary/aromatic N) is 4. The van der Waals surface area contributed by atoms with Gasteiger partial charge in [-0.25, -0.2) is 4.98 Å². The molecular formula is C13H21N5O2. The van der Waals surface area contributed by atoms with Crippen LogP contribution in [0, 0.1) is 0 Å². The van der Waals surface area contributed by atoms with Gasteiger partial charge in [-0.3, -0.25) is 14.3 Å². The van der Waals surface area contributed by atoms with Crippen molar-refractivity contribution in [1.29, 1.82) is 0 Å². The zero-order chi connectivity index (χ0) is 14.7. The molecule has 7 nitrogen and oxygen atoms in total. The summed E-state index contributed by atoms with van der Waals surface area (Å²) < 4.78 is 1.63. The summed E-state index contributed by atoms with van der Waals surface area (Å²) in [4.78, 5) is 30.4. The molecule has 2 amide bonds. The summed E-state index contributed by atoms with van der Waals surface area (Å²) in [5.41, 5.74) is 0. The van der Waals surface area contributed by atoms with Crippen molar-refractivity contribution in [2.24, 2.45) is 7.05 Å². The topological polar surface area (TPSA) is 80.1 Å². The molecule has 1 aromatic rings. The fourth-order valence-corrected chi connectivity index (χ4v) is 2.52. The van der Waals surface area contributed by atoms with E-state index >= 15 is 0 Å². The highest BCUT2D eigenvalue weighted by Gasteiger charge is 2.39. The Labute approximate surface area is 118 Å². The summed E-state index contributed by atoms with van der Waals surface area (Å²) in [6.07, 6.45) is 3.56. The summed E-state index contributed by atoms with van der Waals surface area (Å²) in [6.45, 7) is 4.22. The first-order chi connectivity index (χ1) is 9.58. The van der Waals surface area contributed by atoms with E-state index in [4.69, 9.17) is 0 Å². The number of hydrogen-bond acceptors (Lipinski definition) is 4. The number of carbonyl (C=O) groups excluding carboxylic acids is 2. The number of amides is 2. The monoisotopic (exact) mass is 279 g/mol. The molecule has 0 bridgehead atoms. The highest BCUT2D eigenvalue weighted by atomic mass is 16.2. The first-order valence-electron chi connectivity index (χ1n) is 7.02. The Balaban J connectivity index is 2.22. The Kier molecular flexibility index (Phi) is 4.36. The van der Waals surface area contributed by atoms with Crippen LogP contribution in [0.3, 0.4) is 0 Å². The van der Waals surface area contributed by atoms with Gasteiger partial charge >= 0.3 is 0 Å². The highest BCUT2D eigenvalue weighted by molar-refractivity contribution is 5.96. The van der Waals surface area contributed by atoms with Gasteiger partial charge in [-0.2, -0.15) is 5.10 Å². The molecule has 1 aromatic heterocycles. The zero-order valence-corrected chi connectivity index (χ0v) is 12.2. The van der Waals surface area contributed by atoms with Crippen molar-refractivity contribution in [3.63, 3.8) is 0 Å². The van der Waals surface area contributed by atoms with Crippen molar-refractivity contribution in [2.45, 2.75) is 51.7 Å². The van der Waals surface area contributed by atoms with Gasteiger partial charge in [-0.15, -0.1) is 0 Å². The van der Waals surface area contributed by atoms with Crippen molar-refractivity contribution in [3.8, 4) is 0 Å². The molecule has 0 aromatic carbocycles. The Morgan fingerprint density at radius 2 is 2.10 bits per heavy atom. The van der Waals surface area contributed by atoms with Crippen LogP contribution in [-0.4, -0.2) is 43.6 Å². The van der Waals surface area contributed by atoms with Crippen LogP contribution in [0.2, 0.25) is 0 Å². The van der Waals surface area contributed by atoms with Crippen LogP contribution in [0.5, 0.6) is 0 Å². The Morgan fingerprint density at radius 1 is 1.35 bits per heavy atom. The predicted octanol–water partition coefficient (Wildman–Crippen LogP) is 0.221. The second-order valence-electron chi connectivity index (χ2n) is 5.04. The Bertz CT molecular complexity index is 499. The summed E-state index contributed by atoms with van der Waals surface area (Å²) in [7, 11) is 1.78. The molecule has 1 N–H and O–H groups in total. The van der Waals surface area contributed by atoms with Crippen molar-refractivity contribution in [2.75, 3.05) is 0 Å². The van der Waals surface area contributed by atoms with Crippen molar-refractivity contribution in [3.05, 3.63) is 12.2 Å². The molecule has 1 saturated heterocycles. The lowest BCUT2D eigenvalue weighted by Gasteiger charge is -2.38. The van der Waals surface area contributed by atoms with Gasteiger partial charge in [0.2, 0.25) is 11.8 Å². The van der Waals surface area contributed by atoms with E-state index in [1.54, 1.807) is 16.6 Å². The second kappa shape index (κ2) is 6.02. The number of aryl methyl sites for hydroxylation is 1. The summed E-state index contributed by atoms with van der Waals surface area (Å²) in [5.74, 6) is 0.579. The normalized spacial score (nSPS) is 23.1. The molecule has 1 aliphatic heterocycles. The van der Waals surface area contributed by atoms with Gasteiger partial charge in [0.25, 0.3) is 0 Å². The first kappa shape index (κ1) is 14.5. The van der Waals surface area contributed by atoms with Gasteiger partial charge in [-0.1, -0.05) is 20.3 Å². The van der Waals surface area contributed by atoms with Gasteiger partial charge in [-0.05, 0) is 12.8 Å². The van der Waals surface area contributed by atoms with Crippen LogP contribution in [0.1, 0.15) is 38.9 Å². The van der Waals surface area contributed by atoms with E-state index < -0.39 is 12.1 Å². The molecule has 2 unspecified atom stereocenters. The maximum absolute atomic E-state index is 12.5.